The minimum Gasteiger partial charge on any atom is -0.480 e. The fourth-order valence-electron chi connectivity index (χ4n) is 1.96. The van der Waals surface area contributed by atoms with Gasteiger partial charge < -0.3 is 10.1 Å². The summed E-state index contributed by atoms with van der Waals surface area (Å²) in [6.07, 6.45) is 0.0215. The van der Waals surface area contributed by atoms with Gasteiger partial charge in [0.1, 0.15) is 5.75 Å². The molecule has 0 bridgehead atoms. The minimum absolute atomic E-state index is 0.191. The van der Waals surface area contributed by atoms with Crippen LogP contribution in [0.5, 0.6) is 5.75 Å². The number of para-hydroxylation sites is 1. The summed E-state index contributed by atoms with van der Waals surface area (Å²) in [7, 11) is 0. The number of rotatable bonds is 5. The van der Waals surface area contributed by atoms with Crippen LogP contribution in [0.15, 0.2) is 46.9 Å². The zero-order valence-corrected chi connectivity index (χ0v) is 14.7. The summed E-state index contributed by atoms with van der Waals surface area (Å²) in [5, 5.41) is 3.38. The summed E-state index contributed by atoms with van der Waals surface area (Å²) >= 11 is 9.35. The van der Waals surface area contributed by atoms with Crippen LogP contribution in [0.25, 0.3) is 0 Å². The van der Waals surface area contributed by atoms with Crippen LogP contribution in [0.4, 0.5) is 5.69 Å². The van der Waals surface area contributed by atoms with Crippen LogP contribution in [-0.2, 0) is 4.79 Å². The Balaban J connectivity index is 2.08. The van der Waals surface area contributed by atoms with Crippen molar-refractivity contribution in [1.82, 2.24) is 0 Å². The molecule has 22 heavy (non-hydrogen) atoms. The van der Waals surface area contributed by atoms with Crippen LogP contribution in [0.1, 0.15) is 18.9 Å². The van der Waals surface area contributed by atoms with E-state index in [1.165, 1.54) is 0 Å². The molecule has 0 saturated carbocycles. The third-order valence-corrected chi connectivity index (χ3v) is 4.45. The molecule has 2 rings (SSSR count). The van der Waals surface area contributed by atoms with Gasteiger partial charge in [-0.3, -0.25) is 4.79 Å². The van der Waals surface area contributed by atoms with E-state index in [2.05, 4.69) is 21.2 Å². The predicted octanol–water partition coefficient (Wildman–Crippen LogP) is 5.21. The lowest BCUT2D eigenvalue weighted by atomic mass is 10.2. The van der Waals surface area contributed by atoms with Crippen molar-refractivity contribution in [2.45, 2.75) is 26.4 Å². The van der Waals surface area contributed by atoms with Gasteiger partial charge in [-0.1, -0.05) is 36.7 Å². The molecule has 0 saturated heterocycles. The van der Waals surface area contributed by atoms with E-state index in [4.69, 9.17) is 16.3 Å². The highest BCUT2D eigenvalue weighted by Crippen LogP contribution is 2.26. The smallest absolute Gasteiger partial charge is 0.265 e. The van der Waals surface area contributed by atoms with E-state index >= 15 is 0 Å². The quantitative estimate of drug-likeness (QED) is 0.771. The Morgan fingerprint density at radius 1 is 1.32 bits per heavy atom. The monoisotopic (exact) mass is 381 g/mol. The number of nitrogens with one attached hydrogen (secondary N) is 1. The molecular weight excluding hydrogens is 366 g/mol. The van der Waals surface area contributed by atoms with Crippen molar-refractivity contribution in [3.63, 3.8) is 0 Å². The molecule has 0 spiro atoms. The maximum atomic E-state index is 12.4. The number of carbonyl (C=O) groups is 1. The average molecular weight is 383 g/mol. The minimum atomic E-state index is -0.552. The van der Waals surface area contributed by atoms with E-state index in [0.29, 0.717) is 17.1 Å². The molecule has 1 N–H and O–H groups in total. The summed E-state index contributed by atoms with van der Waals surface area (Å²) < 4.78 is 6.62. The zero-order chi connectivity index (χ0) is 16.1. The van der Waals surface area contributed by atoms with E-state index in [1.54, 1.807) is 18.2 Å². The van der Waals surface area contributed by atoms with Crippen LogP contribution in [0.2, 0.25) is 5.02 Å². The Kier molecular flexibility index (Phi) is 5.86. The van der Waals surface area contributed by atoms with E-state index in [0.717, 1.165) is 15.8 Å². The van der Waals surface area contributed by atoms with Crippen molar-refractivity contribution < 1.29 is 9.53 Å². The molecule has 0 aliphatic carbocycles. The summed E-state index contributed by atoms with van der Waals surface area (Å²) in [5.74, 6) is 0.530. The van der Waals surface area contributed by atoms with Crippen molar-refractivity contribution in [3.05, 3.63) is 57.5 Å². The molecule has 116 valence electrons. The van der Waals surface area contributed by atoms with Crippen molar-refractivity contribution in [2.24, 2.45) is 0 Å². The first-order valence-corrected chi connectivity index (χ1v) is 8.16. The predicted molar refractivity (Wildman–Crippen MR) is 93.7 cm³/mol. The number of carbonyl (C=O) groups excluding carboxylic acids is 1. The van der Waals surface area contributed by atoms with E-state index in [-0.39, 0.29) is 5.91 Å². The van der Waals surface area contributed by atoms with Crippen molar-refractivity contribution >= 4 is 39.1 Å². The number of anilines is 1. The standard InChI is InChI=1S/C17H17BrClNO2/c1-3-15(22-16-7-5-4-6-11(16)2)17(21)20-12-8-9-13(18)14(19)10-12/h4-10,15H,3H2,1-2H3,(H,20,21)/t15-/m0/s1. The van der Waals surface area contributed by atoms with Crippen molar-refractivity contribution in [1.29, 1.82) is 0 Å². The van der Waals surface area contributed by atoms with Gasteiger partial charge in [-0.25, -0.2) is 0 Å². The number of amides is 1. The number of ether oxygens (including phenoxy) is 1. The van der Waals surface area contributed by atoms with Crippen LogP contribution in [-0.4, -0.2) is 12.0 Å². The fraction of sp³-hybridized carbons (Fsp3) is 0.235. The van der Waals surface area contributed by atoms with Crippen LogP contribution >= 0.6 is 27.5 Å². The van der Waals surface area contributed by atoms with Gasteiger partial charge >= 0.3 is 0 Å². The Morgan fingerprint density at radius 2 is 2.05 bits per heavy atom. The lowest BCUT2D eigenvalue weighted by molar-refractivity contribution is -0.122. The molecule has 0 aliphatic rings. The normalized spacial score (nSPS) is 11.8. The molecule has 0 unspecified atom stereocenters. The highest BCUT2D eigenvalue weighted by Gasteiger charge is 2.19. The molecule has 1 amide bonds. The maximum Gasteiger partial charge on any atom is 0.265 e. The highest BCUT2D eigenvalue weighted by atomic mass is 79.9. The van der Waals surface area contributed by atoms with Gasteiger partial charge in [0.15, 0.2) is 6.10 Å². The second-order valence-corrected chi connectivity index (χ2v) is 6.16. The number of hydrogen-bond donors (Lipinski definition) is 1. The molecule has 2 aromatic rings. The van der Waals surface area contributed by atoms with Crippen LogP contribution in [0.3, 0.4) is 0 Å². The van der Waals surface area contributed by atoms with Crippen LogP contribution in [0, 0.1) is 6.92 Å². The molecule has 3 nitrogen and oxygen atoms in total. The molecule has 0 fully saturated rings. The van der Waals surface area contributed by atoms with Crippen molar-refractivity contribution in [3.8, 4) is 5.75 Å². The number of hydrogen-bond acceptors (Lipinski definition) is 2. The van der Waals surface area contributed by atoms with E-state index < -0.39 is 6.10 Å². The second-order valence-electron chi connectivity index (χ2n) is 4.90. The summed E-state index contributed by atoms with van der Waals surface area (Å²) in [4.78, 5) is 12.4. The maximum absolute atomic E-state index is 12.4. The largest absolute Gasteiger partial charge is 0.480 e. The van der Waals surface area contributed by atoms with Gasteiger partial charge in [0, 0.05) is 10.2 Å². The van der Waals surface area contributed by atoms with Gasteiger partial charge in [-0.05, 0) is 59.1 Å². The van der Waals surface area contributed by atoms with Gasteiger partial charge in [0.2, 0.25) is 0 Å². The molecular formula is C17H17BrClNO2. The lowest BCUT2D eigenvalue weighted by Gasteiger charge is -2.18. The first kappa shape index (κ1) is 16.8. The first-order chi connectivity index (χ1) is 10.5. The molecule has 5 heteroatoms. The van der Waals surface area contributed by atoms with E-state index in [9.17, 15) is 4.79 Å². The first-order valence-electron chi connectivity index (χ1n) is 6.99. The van der Waals surface area contributed by atoms with Crippen LogP contribution < -0.4 is 10.1 Å². The van der Waals surface area contributed by atoms with Gasteiger partial charge in [0.05, 0.1) is 5.02 Å². The summed E-state index contributed by atoms with van der Waals surface area (Å²) in [5.41, 5.74) is 1.64. The summed E-state index contributed by atoms with van der Waals surface area (Å²) in [6.45, 7) is 3.87. The lowest BCUT2D eigenvalue weighted by Crippen LogP contribution is -2.32. The number of aryl methyl sites for hydroxylation is 1. The second kappa shape index (κ2) is 7.65. The Labute approximate surface area is 143 Å². The van der Waals surface area contributed by atoms with Crippen molar-refractivity contribution in [2.75, 3.05) is 5.32 Å². The van der Waals surface area contributed by atoms with Gasteiger partial charge in [0.25, 0.3) is 5.91 Å². The molecule has 0 radical (unpaired) electrons. The highest BCUT2D eigenvalue weighted by molar-refractivity contribution is 9.10. The molecule has 2 aromatic carbocycles. The fourth-order valence-corrected chi connectivity index (χ4v) is 2.39. The van der Waals surface area contributed by atoms with Gasteiger partial charge in [-0.15, -0.1) is 0 Å². The molecule has 0 aromatic heterocycles. The number of halogens is 2. The Bertz CT molecular complexity index is 675. The Morgan fingerprint density at radius 3 is 2.68 bits per heavy atom. The average Bonchev–Trinajstić information content (AvgIpc) is 2.50. The zero-order valence-electron chi connectivity index (χ0n) is 12.4. The Hall–Kier alpha value is -1.52. The van der Waals surface area contributed by atoms with Gasteiger partial charge in [-0.2, -0.15) is 0 Å². The topological polar surface area (TPSA) is 38.3 Å². The third kappa shape index (κ3) is 4.24. The molecule has 1 atom stereocenters. The summed E-state index contributed by atoms with van der Waals surface area (Å²) in [6, 6.07) is 12.9. The third-order valence-electron chi connectivity index (χ3n) is 3.21. The SMILES string of the molecule is CC[C@H](Oc1ccccc1C)C(=O)Nc1ccc(Br)c(Cl)c1. The van der Waals surface area contributed by atoms with E-state index in [1.807, 2.05) is 38.1 Å². The molecule has 0 heterocycles. The number of benzene rings is 2. The molecule has 0 aliphatic heterocycles.